The molecular formula is C16H18N2O4S. The number of nitrogens with one attached hydrogen (secondary N) is 1. The molecule has 6 nitrogen and oxygen atoms in total. The van der Waals surface area contributed by atoms with Crippen LogP contribution in [-0.4, -0.2) is 22.1 Å². The minimum atomic E-state index is -3.75. The number of benzene rings is 1. The Morgan fingerprint density at radius 2 is 1.96 bits per heavy atom. The molecule has 0 saturated carbocycles. The second-order valence-corrected chi connectivity index (χ2v) is 6.64. The molecule has 0 aliphatic carbocycles. The molecule has 0 aliphatic rings. The maximum Gasteiger partial charge on any atom is 0.241 e. The lowest BCUT2D eigenvalue weighted by atomic mass is 10.2. The number of sulfonamides is 1. The average Bonchev–Trinajstić information content (AvgIpc) is 3.03. The number of hydrogen-bond acceptors (Lipinski definition) is 5. The van der Waals surface area contributed by atoms with Gasteiger partial charge >= 0.3 is 0 Å². The molecule has 1 aromatic carbocycles. The second-order valence-electron chi connectivity index (χ2n) is 4.92. The van der Waals surface area contributed by atoms with Crippen molar-refractivity contribution in [3.8, 4) is 6.07 Å². The lowest BCUT2D eigenvalue weighted by Crippen LogP contribution is -2.31. The van der Waals surface area contributed by atoms with Crippen molar-refractivity contribution in [3.63, 3.8) is 0 Å². The van der Waals surface area contributed by atoms with Crippen molar-refractivity contribution in [2.45, 2.75) is 24.3 Å². The van der Waals surface area contributed by atoms with Gasteiger partial charge in [-0.1, -0.05) is 6.92 Å². The fourth-order valence-corrected chi connectivity index (χ4v) is 3.27. The molecular weight excluding hydrogens is 316 g/mol. The Hall–Kier alpha value is -2.14. The van der Waals surface area contributed by atoms with Crippen molar-refractivity contribution >= 4 is 10.0 Å². The summed E-state index contributed by atoms with van der Waals surface area (Å²) in [7, 11) is -2.26. The van der Waals surface area contributed by atoms with E-state index in [2.05, 4.69) is 4.72 Å². The van der Waals surface area contributed by atoms with Crippen LogP contribution in [0.15, 0.2) is 45.7 Å². The van der Waals surface area contributed by atoms with Gasteiger partial charge in [-0.05, 0) is 36.4 Å². The molecule has 0 aliphatic heterocycles. The summed E-state index contributed by atoms with van der Waals surface area (Å²) in [6.45, 7) is 2.10. The topological polar surface area (TPSA) is 92.3 Å². The Labute approximate surface area is 135 Å². The molecule has 122 valence electrons. The van der Waals surface area contributed by atoms with E-state index in [9.17, 15) is 8.42 Å². The quantitative estimate of drug-likeness (QED) is 0.839. The van der Waals surface area contributed by atoms with E-state index >= 15 is 0 Å². The number of nitriles is 1. The van der Waals surface area contributed by atoms with E-state index in [1.54, 1.807) is 6.07 Å². The molecule has 0 bridgehead atoms. The van der Waals surface area contributed by atoms with Crippen LogP contribution in [0, 0.1) is 11.3 Å². The van der Waals surface area contributed by atoms with Crippen LogP contribution >= 0.6 is 0 Å². The Morgan fingerprint density at radius 3 is 2.48 bits per heavy atom. The standard InChI is InChI=1S/C16H18N2O4S/c1-3-13-6-9-16(22-13)15(11-21-2)18-23(19,20)14-7-4-12(10-17)5-8-14/h4-9,15,18H,3,11H2,1-2H3. The number of furan rings is 1. The number of hydrogen-bond donors (Lipinski definition) is 1. The van der Waals surface area contributed by atoms with Crippen molar-refractivity contribution in [3.05, 3.63) is 53.5 Å². The van der Waals surface area contributed by atoms with Gasteiger partial charge in [-0.3, -0.25) is 0 Å². The van der Waals surface area contributed by atoms with Crippen LogP contribution in [0.2, 0.25) is 0 Å². The normalized spacial score (nSPS) is 12.7. The van der Waals surface area contributed by atoms with Gasteiger partial charge in [0.1, 0.15) is 17.6 Å². The van der Waals surface area contributed by atoms with E-state index in [1.165, 1.54) is 31.4 Å². The SMILES string of the molecule is CCc1ccc(C(COC)NS(=O)(=O)c2ccc(C#N)cc2)o1. The molecule has 1 aromatic heterocycles. The van der Waals surface area contributed by atoms with E-state index in [0.717, 1.165) is 12.2 Å². The first-order chi connectivity index (χ1) is 11.0. The van der Waals surface area contributed by atoms with Gasteiger partial charge < -0.3 is 9.15 Å². The molecule has 23 heavy (non-hydrogen) atoms. The van der Waals surface area contributed by atoms with Gasteiger partial charge in [-0.25, -0.2) is 8.42 Å². The molecule has 7 heteroatoms. The fraction of sp³-hybridized carbons (Fsp3) is 0.312. The molecule has 2 rings (SSSR count). The molecule has 0 radical (unpaired) electrons. The van der Waals surface area contributed by atoms with Gasteiger partial charge in [0.2, 0.25) is 10.0 Å². The summed E-state index contributed by atoms with van der Waals surface area (Å²) in [4.78, 5) is 0.0832. The largest absolute Gasteiger partial charge is 0.464 e. The van der Waals surface area contributed by atoms with Crippen LogP contribution in [0.5, 0.6) is 0 Å². The molecule has 0 saturated heterocycles. The third-order valence-electron chi connectivity index (χ3n) is 3.30. The number of rotatable bonds is 7. The van der Waals surface area contributed by atoms with Gasteiger partial charge in [0.15, 0.2) is 0 Å². The number of aryl methyl sites for hydroxylation is 1. The first-order valence-corrected chi connectivity index (χ1v) is 8.58. The minimum Gasteiger partial charge on any atom is -0.464 e. The smallest absolute Gasteiger partial charge is 0.241 e. The molecule has 0 amide bonds. The lowest BCUT2D eigenvalue weighted by Gasteiger charge is -2.16. The average molecular weight is 334 g/mol. The lowest BCUT2D eigenvalue weighted by molar-refractivity contribution is 0.166. The maximum atomic E-state index is 12.5. The third kappa shape index (κ3) is 4.20. The van der Waals surface area contributed by atoms with Gasteiger partial charge in [0, 0.05) is 13.5 Å². The fourth-order valence-electron chi connectivity index (χ4n) is 2.08. The van der Waals surface area contributed by atoms with E-state index < -0.39 is 16.1 Å². The van der Waals surface area contributed by atoms with Crippen molar-refractivity contribution in [2.75, 3.05) is 13.7 Å². The predicted molar refractivity (Wildman–Crippen MR) is 84.2 cm³/mol. The molecule has 0 fully saturated rings. The zero-order valence-electron chi connectivity index (χ0n) is 12.9. The molecule has 0 spiro atoms. The Bertz CT molecular complexity index is 788. The van der Waals surface area contributed by atoms with Crippen LogP contribution in [0.4, 0.5) is 0 Å². The van der Waals surface area contributed by atoms with Gasteiger partial charge in [-0.15, -0.1) is 0 Å². The summed E-state index contributed by atoms with van der Waals surface area (Å²) < 4.78 is 38.2. The molecule has 1 N–H and O–H groups in total. The van der Waals surface area contributed by atoms with Crippen molar-refractivity contribution < 1.29 is 17.6 Å². The zero-order chi connectivity index (χ0) is 16.9. The highest BCUT2D eigenvalue weighted by atomic mass is 32.2. The van der Waals surface area contributed by atoms with Gasteiger partial charge in [0.25, 0.3) is 0 Å². The summed E-state index contributed by atoms with van der Waals surface area (Å²) in [5.74, 6) is 1.28. The summed E-state index contributed by atoms with van der Waals surface area (Å²) in [6.07, 6.45) is 0.724. The van der Waals surface area contributed by atoms with E-state index in [4.69, 9.17) is 14.4 Å². The van der Waals surface area contributed by atoms with E-state index in [1.807, 2.05) is 19.1 Å². The molecule has 1 heterocycles. The highest BCUT2D eigenvalue weighted by Gasteiger charge is 2.23. The molecule has 1 atom stereocenters. The summed E-state index contributed by atoms with van der Waals surface area (Å²) in [5, 5.41) is 8.78. The van der Waals surface area contributed by atoms with Crippen LogP contribution in [-0.2, 0) is 21.2 Å². The summed E-state index contributed by atoms with van der Waals surface area (Å²) in [6, 6.07) is 10.6. The zero-order valence-corrected chi connectivity index (χ0v) is 13.8. The van der Waals surface area contributed by atoms with Crippen molar-refractivity contribution in [1.82, 2.24) is 4.72 Å². The first-order valence-electron chi connectivity index (χ1n) is 7.10. The summed E-state index contributed by atoms with van der Waals surface area (Å²) in [5.41, 5.74) is 0.399. The van der Waals surface area contributed by atoms with Crippen LogP contribution < -0.4 is 4.72 Å². The van der Waals surface area contributed by atoms with E-state index in [-0.39, 0.29) is 11.5 Å². The third-order valence-corrected chi connectivity index (χ3v) is 4.79. The van der Waals surface area contributed by atoms with Crippen LogP contribution in [0.3, 0.4) is 0 Å². The van der Waals surface area contributed by atoms with Crippen molar-refractivity contribution in [1.29, 1.82) is 5.26 Å². The van der Waals surface area contributed by atoms with E-state index in [0.29, 0.717) is 11.3 Å². The minimum absolute atomic E-state index is 0.0832. The van der Waals surface area contributed by atoms with Gasteiger partial charge in [0.05, 0.1) is 23.1 Å². The molecule has 1 unspecified atom stereocenters. The predicted octanol–water partition coefficient (Wildman–Crippen LogP) is 2.38. The highest BCUT2D eigenvalue weighted by molar-refractivity contribution is 7.89. The van der Waals surface area contributed by atoms with Gasteiger partial charge in [-0.2, -0.15) is 9.98 Å². The Kier molecular flexibility index (Phi) is 5.55. The Balaban J connectivity index is 2.25. The highest BCUT2D eigenvalue weighted by Crippen LogP contribution is 2.21. The number of nitrogens with zero attached hydrogens (tertiary/aromatic N) is 1. The van der Waals surface area contributed by atoms with Crippen LogP contribution in [0.25, 0.3) is 0 Å². The molecule has 2 aromatic rings. The second kappa shape index (κ2) is 7.42. The summed E-state index contributed by atoms with van der Waals surface area (Å²) >= 11 is 0. The maximum absolute atomic E-state index is 12.5. The Morgan fingerprint density at radius 1 is 1.26 bits per heavy atom. The van der Waals surface area contributed by atoms with Crippen LogP contribution in [0.1, 0.15) is 30.0 Å². The number of ether oxygens (including phenoxy) is 1. The monoisotopic (exact) mass is 334 g/mol. The number of methoxy groups -OCH3 is 1. The van der Waals surface area contributed by atoms with Crippen molar-refractivity contribution in [2.24, 2.45) is 0 Å². The first kappa shape index (κ1) is 17.2.